The zero-order valence-corrected chi connectivity index (χ0v) is 18.4. The Hall–Kier alpha value is -3.33. The number of halogens is 1. The van der Waals surface area contributed by atoms with Crippen LogP contribution in [0.3, 0.4) is 0 Å². The second kappa shape index (κ2) is 11.3. The second-order valence-electron chi connectivity index (χ2n) is 7.13. The number of nitrogens with zero attached hydrogens (tertiary/aromatic N) is 1. The Labute approximate surface area is 190 Å². The SMILES string of the molecule is COc1ccc2c(c1)OCCNC(=O)[C@@H](NC(=O)c1ccncc1Cl)CCCCNC2=O. The molecule has 0 aliphatic carbocycles. The Morgan fingerprint density at radius 2 is 2.06 bits per heavy atom. The maximum atomic E-state index is 12.7. The third-order valence-electron chi connectivity index (χ3n) is 4.94. The Balaban J connectivity index is 1.69. The zero-order chi connectivity index (χ0) is 22.9. The number of hydrogen-bond acceptors (Lipinski definition) is 6. The maximum Gasteiger partial charge on any atom is 0.255 e. The average Bonchev–Trinajstić information content (AvgIpc) is 2.80. The molecule has 0 fully saturated rings. The predicted octanol–water partition coefficient (Wildman–Crippen LogP) is 1.95. The Kier molecular flexibility index (Phi) is 8.27. The molecule has 0 saturated heterocycles. The molecule has 10 heteroatoms. The van der Waals surface area contributed by atoms with Crippen molar-refractivity contribution in [3.8, 4) is 11.5 Å². The standard InChI is InChI=1S/C22H25ClN4O5/c1-31-14-5-6-16-19(12-14)32-11-10-26-22(30)18(4-2-3-8-25-20(16)28)27-21(29)15-7-9-24-13-17(15)23/h5-7,9,12-13,18H,2-4,8,10-11H2,1H3,(H,25,28)(H,26,30)(H,27,29)/t18-/m0/s1. The van der Waals surface area contributed by atoms with Crippen LogP contribution in [0.25, 0.3) is 0 Å². The lowest BCUT2D eigenvalue weighted by molar-refractivity contribution is -0.123. The van der Waals surface area contributed by atoms with E-state index < -0.39 is 11.9 Å². The summed E-state index contributed by atoms with van der Waals surface area (Å²) in [6, 6.07) is 5.70. The lowest BCUT2D eigenvalue weighted by atomic mass is 10.1. The van der Waals surface area contributed by atoms with Gasteiger partial charge in [-0.2, -0.15) is 0 Å². The van der Waals surface area contributed by atoms with Crippen LogP contribution in [0.4, 0.5) is 0 Å². The normalized spacial score (nSPS) is 17.6. The van der Waals surface area contributed by atoms with Gasteiger partial charge in [0.25, 0.3) is 11.8 Å². The number of benzene rings is 1. The van der Waals surface area contributed by atoms with E-state index in [2.05, 4.69) is 20.9 Å². The van der Waals surface area contributed by atoms with Crippen molar-refractivity contribution in [2.24, 2.45) is 0 Å². The van der Waals surface area contributed by atoms with E-state index in [-0.39, 0.29) is 35.6 Å². The lowest BCUT2D eigenvalue weighted by Crippen LogP contribution is -2.47. The number of hydrogen-bond donors (Lipinski definition) is 3. The van der Waals surface area contributed by atoms with Crippen LogP contribution in [0.2, 0.25) is 5.02 Å². The van der Waals surface area contributed by atoms with Gasteiger partial charge in [0.2, 0.25) is 5.91 Å². The van der Waals surface area contributed by atoms with Gasteiger partial charge in [-0.25, -0.2) is 0 Å². The fourth-order valence-electron chi connectivity index (χ4n) is 3.23. The van der Waals surface area contributed by atoms with Crippen LogP contribution >= 0.6 is 11.6 Å². The number of nitrogens with one attached hydrogen (secondary N) is 3. The molecule has 3 amide bonds. The summed E-state index contributed by atoms with van der Waals surface area (Å²) < 4.78 is 10.9. The molecular weight excluding hydrogens is 436 g/mol. The molecule has 1 atom stereocenters. The van der Waals surface area contributed by atoms with Crippen molar-refractivity contribution < 1.29 is 23.9 Å². The summed E-state index contributed by atoms with van der Waals surface area (Å²) in [5.74, 6) is -0.103. The minimum absolute atomic E-state index is 0.135. The monoisotopic (exact) mass is 460 g/mol. The molecular formula is C22H25ClN4O5. The van der Waals surface area contributed by atoms with Gasteiger partial charge in [0, 0.05) is 25.0 Å². The molecule has 1 aromatic carbocycles. The van der Waals surface area contributed by atoms with Gasteiger partial charge in [-0.15, -0.1) is 0 Å². The molecule has 1 aliphatic heterocycles. The van der Waals surface area contributed by atoms with E-state index in [9.17, 15) is 14.4 Å². The Bertz CT molecular complexity index is 985. The van der Waals surface area contributed by atoms with Crippen LogP contribution in [-0.2, 0) is 4.79 Å². The topological polar surface area (TPSA) is 119 Å². The number of ether oxygens (including phenoxy) is 2. The second-order valence-corrected chi connectivity index (χ2v) is 7.54. The summed E-state index contributed by atoms with van der Waals surface area (Å²) in [6.07, 6.45) is 4.49. The molecule has 3 N–H and O–H groups in total. The van der Waals surface area contributed by atoms with Gasteiger partial charge < -0.3 is 25.4 Å². The summed E-state index contributed by atoms with van der Waals surface area (Å²) in [7, 11) is 1.53. The molecule has 9 nitrogen and oxygen atoms in total. The third kappa shape index (κ3) is 6.10. The minimum Gasteiger partial charge on any atom is -0.497 e. The first-order valence-corrected chi connectivity index (χ1v) is 10.6. The Morgan fingerprint density at radius 1 is 1.22 bits per heavy atom. The average molecular weight is 461 g/mol. The molecule has 0 radical (unpaired) electrons. The van der Waals surface area contributed by atoms with E-state index in [4.69, 9.17) is 21.1 Å². The largest absolute Gasteiger partial charge is 0.497 e. The van der Waals surface area contributed by atoms with Gasteiger partial charge in [0.05, 0.1) is 29.8 Å². The predicted molar refractivity (Wildman–Crippen MR) is 118 cm³/mol. The van der Waals surface area contributed by atoms with Crippen molar-refractivity contribution in [2.75, 3.05) is 26.8 Å². The van der Waals surface area contributed by atoms with E-state index in [1.165, 1.54) is 25.6 Å². The molecule has 2 heterocycles. The first-order chi connectivity index (χ1) is 15.5. The van der Waals surface area contributed by atoms with E-state index in [1.54, 1.807) is 18.2 Å². The molecule has 2 aromatic rings. The highest BCUT2D eigenvalue weighted by Crippen LogP contribution is 2.25. The van der Waals surface area contributed by atoms with Gasteiger partial charge in [0.15, 0.2) is 0 Å². The first-order valence-electron chi connectivity index (χ1n) is 10.3. The minimum atomic E-state index is -0.752. The van der Waals surface area contributed by atoms with Crippen molar-refractivity contribution in [3.05, 3.63) is 52.8 Å². The molecule has 0 bridgehead atoms. The highest BCUT2D eigenvalue weighted by molar-refractivity contribution is 6.33. The molecule has 3 rings (SSSR count). The number of pyridine rings is 1. The summed E-state index contributed by atoms with van der Waals surface area (Å²) in [4.78, 5) is 41.7. The number of aromatic nitrogens is 1. The number of methoxy groups -OCH3 is 1. The van der Waals surface area contributed by atoms with Crippen molar-refractivity contribution in [3.63, 3.8) is 0 Å². The number of rotatable bonds is 3. The van der Waals surface area contributed by atoms with E-state index in [1.807, 2.05) is 0 Å². The molecule has 1 aromatic heterocycles. The highest BCUT2D eigenvalue weighted by atomic mass is 35.5. The molecule has 0 saturated carbocycles. The highest BCUT2D eigenvalue weighted by Gasteiger charge is 2.23. The Morgan fingerprint density at radius 3 is 2.84 bits per heavy atom. The smallest absolute Gasteiger partial charge is 0.255 e. The summed E-state index contributed by atoms with van der Waals surface area (Å²) >= 11 is 6.04. The van der Waals surface area contributed by atoms with Crippen molar-refractivity contribution in [1.29, 1.82) is 0 Å². The van der Waals surface area contributed by atoms with Crippen LogP contribution in [0.15, 0.2) is 36.7 Å². The van der Waals surface area contributed by atoms with Gasteiger partial charge >= 0.3 is 0 Å². The molecule has 0 unspecified atom stereocenters. The maximum absolute atomic E-state index is 12.7. The van der Waals surface area contributed by atoms with E-state index >= 15 is 0 Å². The molecule has 0 spiro atoms. The number of carbonyl (C=O) groups excluding carboxylic acids is 3. The molecule has 1 aliphatic rings. The van der Waals surface area contributed by atoms with Gasteiger partial charge in [-0.1, -0.05) is 11.6 Å². The summed E-state index contributed by atoms with van der Waals surface area (Å²) in [6.45, 7) is 0.748. The van der Waals surface area contributed by atoms with Crippen molar-refractivity contribution >= 4 is 29.3 Å². The first kappa shape index (κ1) is 23.3. The molecule has 32 heavy (non-hydrogen) atoms. The fraction of sp³-hybridized carbons (Fsp3) is 0.364. The summed E-state index contributed by atoms with van der Waals surface area (Å²) in [5.41, 5.74) is 0.642. The number of amides is 3. The van der Waals surface area contributed by atoms with Crippen LogP contribution < -0.4 is 25.4 Å². The summed E-state index contributed by atoms with van der Waals surface area (Å²) in [5, 5.41) is 8.57. The van der Waals surface area contributed by atoms with Crippen molar-refractivity contribution in [1.82, 2.24) is 20.9 Å². The quantitative estimate of drug-likeness (QED) is 0.644. The van der Waals surface area contributed by atoms with Crippen molar-refractivity contribution in [2.45, 2.75) is 25.3 Å². The van der Waals surface area contributed by atoms with E-state index in [0.29, 0.717) is 42.9 Å². The number of fused-ring (bicyclic) bond motifs is 1. The fourth-order valence-corrected chi connectivity index (χ4v) is 3.43. The van der Waals surface area contributed by atoms with Gasteiger partial charge in [0.1, 0.15) is 24.1 Å². The molecule has 170 valence electrons. The van der Waals surface area contributed by atoms with Gasteiger partial charge in [-0.3, -0.25) is 19.4 Å². The van der Waals surface area contributed by atoms with Gasteiger partial charge in [-0.05, 0) is 37.5 Å². The zero-order valence-electron chi connectivity index (χ0n) is 17.7. The van der Waals surface area contributed by atoms with E-state index in [0.717, 1.165) is 0 Å². The van der Waals surface area contributed by atoms with Crippen LogP contribution in [0.5, 0.6) is 11.5 Å². The van der Waals surface area contributed by atoms with Crippen LogP contribution in [-0.4, -0.2) is 55.6 Å². The number of carbonyl (C=O) groups is 3. The lowest BCUT2D eigenvalue weighted by Gasteiger charge is -2.20. The van der Waals surface area contributed by atoms with Crippen LogP contribution in [0, 0.1) is 0 Å². The van der Waals surface area contributed by atoms with Crippen LogP contribution in [0.1, 0.15) is 40.0 Å². The third-order valence-corrected chi connectivity index (χ3v) is 5.24.